The molecule has 1 saturated carbocycles. The SMILES string of the molecule is C[C@@H]1[C@@H](OC(=O)Nc2ccccc2)C[C@H]2[C@@H](C)C(=O)O[C@@H]3O[C@]4(C)CC[C@@H]1[C@]32OO4. The lowest BCUT2D eigenvalue weighted by molar-refractivity contribution is -0.560. The first kappa shape index (κ1) is 19.8. The Morgan fingerprint density at radius 3 is 2.70 bits per heavy atom. The Labute approximate surface area is 175 Å². The Bertz CT molecular complexity index is 847. The number of para-hydroxylation sites is 1. The normalized spacial score (nSPS) is 44.4. The van der Waals surface area contributed by atoms with Gasteiger partial charge in [-0.2, -0.15) is 0 Å². The Hall–Kier alpha value is -2.16. The minimum absolute atomic E-state index is 0.0260. The first-order valence-electron chi connectivity index (χ1n) is 10.6. The van der Waals surface area contributed by atoms with Crippen LogP contribution in [0.2, 0.25) is 0 Å². The largest absolute Gasteiger partial charge is 0.446 e. The lowest BCUT2D eigenvalue weighted by atomic mass is 9.57. The van der Waals surface area contributed by atoms with E-state index < -0.39 is 29.7 Å². The van der Waals surface area contributed by atoms with Crippen LogP contribution in [0.4, 0.5) is 10.5 Å². The molecule has 1 amide bonds. The summed E-state index contributed by atoms with van der Waals surface area (Å²) in [5.74, 6) is -2.02. The van der Waals surface area contributed by atoms with E-state index in [0.717, 1.165) is 6.42 Å². The van der Waals surface area contributed by atoms with Crippen molar-refractivity contribution in [2.24, 2.45) is 23.7 Å². The number of hydrogen-bond acceptors (Lipinski definition) is 7. The Kier molecular flexibility index (Phi) is 4.57. The van der Waals surface area contributed by atoms with Gasteiger partial charge in [0.05, 0.1) is 5.92 Å². The summed E-state index contributed by atoms with van der Waals surface area (Å²) in [6, 6.07) is 9.18. The molecule has 8 atom stereocenters. The molecule has 1 aromatic carbocycles. The van der Waals surface area contributed by atoms with Crippen LogP contribution in [0.25, 0.3) is 0 Å². The molecule has 0 aromatic heterocycles. The van der Waals surface area contributed by atoms with Gasteiger partial charge in [0, 0.05) is 23.9 Å². The molecule has 30 heavy (non-hydrogen) atoms. The number of carbonyl (C=O) groups is 2. The Morgan fingerprint density at radius 1 is 1.17 bits per heavy atom. The van der Waals surface area contributed by atoms with Crippen molar-refractivity contribution in [3.05, 3.63) is 30.3 Å². The predicted molar refractivity (Wildman–Crippen MR) is 104 cm³/mol. The number of esters is 1. The minimum Gasteiger partial charge on any atom is -0.446 e. The third kappa shape index (κ3) is 2.92. The van der Waals surface area contributed by atoms with E-state index in [1.54, 1.807) is 19.1 Å². The van der Waals surface area contributed by atoms with E-state index in [2.05, 4.69) is 12.2 Å². The van der Waals surface area contributed by atoms with Crippen LogP contribution in [0.1, 0.15) is 40.0 Å². The topological polar surface area (TPSA) is 92.3 Å². The van der Waals surface area contributed by atoms with E-state index in [-0.39, 0.29) is 29.8 Å². The van der Waals surface area contributed by atoms with Crippen molar-refractivity contribution in [3.8, 4) is 0 Å². The molecule has 1 aromatic rings. The highest BCUT2D eigenvalue weighted by atomic mass is 17.3. The molecular formula is C22H27NO7. The number of fused-ring (bicyclic) bond motifs is 2. The van der Waals surface area contributed by atoms with Crippen LogP contribution in [0.15, 0.2) is 30.3 Å². The lowest BCUT2D eigenvalue weighted by Crippen LogP contribution is -2.71. The van der Waals surface area contributed by atoms with Gasteiger partial charge in [-0.25, -0.2) is 14.6 Å². The fraction of sp³-hybridized carbons (Fsp3) is 0.636. The van der Waals surface area contributed by atoms with Crippen LogP contribution in [0, 0.1) is 23.7 Å². The molecule has 5 aliphatic rings. The van der Waals surface area contributed by atoms with Crippen molar-refractivity contribution in [3.63, 3.8) is 0 Å². The average molecular weight is 417 g/mol. The van der Waals surface area contributed by atoms with Gasteiger partial charge < -0.3 is 14.2 Å². The van der Waals surface area contributed by atoms with E-state index in [0.29, 0.717) is 18.5 Å². The molecule has 8 heteroatoms. The van der Waals surface area contributed by atoms with Crippen molar-refractivity contribution in [2.45, 2.75) is 63.8 Å². The van der Waals surface area contributed by atoms with Gasteiger partial charge in [0.15, 0.2) is 5.60 Å². The standard InChI is InChI=1S/C22H27NO7/c1-12-15-9-10-21(3)28-19-22(15,30-29-21)16(13(2)18(24)27-19)11-17(12)26-20(25)23-14-7-5-4-6-8-14/h4-8,12-13,15-17,19H,9-11H2,1-3H3,(H,23,25)/t12-,13+,15-,16-,17-,19+,21-,22+/m0/s1. The number of amides is 1. The monoisotopic (exact) mass is 417 g/mol. The average Bonchev–Trinajstić information content (AvgIpc) is 2.94. The summed E-state index contributed by atoms with van der Waals surface area (Å²) in [7, 11) is 0. The molecule has 0 radical (unpaired) electrons. The maximum absolute atomic E-state index is 12.6. The predicted octanol–water partition coefficient (Wildman–Crippen LogP) is 3.62. The summed E-state index contributed by atoms with van der Waals surface area (Å²) in [5, 5.41) is 2.77. The first-order valence-corrected chi connectivity index (χ1v) is 10.6. The second kappa shape index (κ2) is 6.93. The third-order valence-electron chi connectivity index (χ3n) is 7.34. The molecule has 5 fully saturated rings. The van der Waals surface area contributed by atoms with Gasteiger partial charge in [-0.3, -0.25) is 10.1 Å². The smallest absolute Gasteiger partial charge is 0.411 e. The van der Waals surface area contributed by atoms with Crippen molar-refractivity contribution < 1.29 is 33.6 Å². The van der Waals surface area contributed by atoms with E-state index in [4.69, 9.17) is 24.0 Å². The van der Waals surface area contributed by atoms with Gasteiger partial charge in [0.25, 0.3) is 0 Å². The fourth-order valence-electron chi connectivity index (χ4n) is 5.66. The van der Waals surface area contributed by atoms with Crippen LogP contribution in [-0.2, 0) is 28.8 Å². The molecule has 1 aliphatic carbocycles. The van der Waals surface area contributed by atoms with E-state index in [9.17, 15) is 9.59 Å². The molecule has 0 unspecified atom stereocenters. The van der Waals surface area contributed by atoms with Gasteiger partial charge >= 0.3 is 12.1 Å². The van der Waals surface area contributed by atoms with E-state index in [1.807, 2.05) is 25.1 Å². The highest BCUT2D eigenvalue weighted by molar-refractivity contribution is 5.84. The van der Waals surface area contributed by atoms with Crippen molar-refractivity contribution in [1.82, 2.24) is 0 Å². The first-order chi connectivity index (χ1) is 14.3. The number of nitrogens with one attached hydrogen (secondary N) is 1. The molecule has 4 heterocycles. The summed E-state index contributed by atoms with van der Waals surface area (Å²) < 4.78 is 17.6. The van der Waals surface area contributed by atoms with Gasteiger partial charge in [-0.1, -0.05) is 32.0 Å². The number of anilines is 1. The quantitative estimate of drug-likeness (QED) is 0.580. The van der Waals surface area contributed by atoms with Crippen molar-refractivity contribution in [2.75, 3.05) is 5.32 Å². The molecule has 1 N–H and O–H groups in total. The van der Waals surface area contributed by atoms with Crippen LogP contribution >= 0.6 is 0 Å². The molecular weight excluding hydrogens is 390 g/mol. The molecule has 2 bridgehead atoms. The fourth-order valence-corrected chi connectivity index (χ4v) is 5.66. The zero-order valence-electron chi connectivity index (χ0n) is 17.3. The van der Waals surface area contributed by atoms with Gasteiger partial charge in [-0.15, -0.1) is 0 Å². The molecule has 8 nitrogen and oxygen atoms in total. The van der Waals surface area contributed by atoms with Crippen LogP contribution in [-0.4, -0.2) is 35.8 Å². The van der Waals surface area contributed by atoms with E-state index in [1.165, 1.54) is 0 Å². The number of rotatable bonds is 2. The second-order valence-corrected chi connectivity index (χ2v) is 9.11. The minimum atomic E-state index is -0.959. The Morgan fingerprint density at radius 2 is 1.93 bits per heavy atom. The van der Waals surface area contributed by atoms with Gasteiger partial charge in [0.2, 0.25) is 12.1 Å². The van der Waals surface area contributed by atoms with E-state index >= 15 is 0 Å². The lowest BCUT2D eigenvalue weighted by Gasteiger charge is -2.58. The molecule has 1 spiro atoms. The maximum atomic E-state index is 12.6. The number of ether oxygens (including phenoxy) is 3. The molecule has 6 rings (SSSR count). The summed E-state index contributed by atoms with van der Waals surface area (Å²) >= 11 is 0. The number of benzene rings is 1. The van der Waals surface area contributed by atoms with Crippen LogP contribution in [0.5, 0.6) is 0 Å². The second-order valence-electron chi connectivity index (χ2n) is 9.11. The van der Waals surface area contributed by atoms with Gasteiger partial charge in [0.1, 0.15) is 6.10 Å². The zero-order chi connectivity index (χ0) is 21.1. The molecule has 4 saturated heterocycles. The number of carbonyl (C=O) groups excluding carboxylic acids is 2. The van der Waals surface area contributed by atoms with Crippen molar-refractivity contribution >= 4 is 17.7 Å². The van der Waals surface area contributed by atoms with Crippen LogP contribution < -0.4 is 5.32 Å². The maximum Gasteiger partial charge on any atom is 0.411 e. The molecule has 162 valence electrons. The third-order valence-corrected chi connectivity index (χ3v) is 7.34. The summed E-state index contributed by atoms with van der Waals surface area (Å²) in [6.45, 7) is 5.68. The van der Waals surface area contributed by atoms with Crippen LogP contribution in [0.3, 0.4) is 0 Å². The highest BCUT2D eigenvalue weighted by Crippen LogP contribution is 2.60. The van der Waals surface area contributed by atoms with Crippen molar-refractivity contribution in [1.29, 1.82) is 0 Å². The molecule has 4 aliphatic heterocycles. The zero-order valence-corrected chi connectivity index (χ0v) is 17.3. The van der Waals surface area contributed by atoms with Gasteiger partial charge in [-0.05, 0) is 37.8 Å². The highest BCUT2D eigenvalue weighted by Gasteiger charge is 2.71. The Balaban J connectivity index is 1.42. The number of hydrogen-bond donors (Lipinski definition) is 1. The summed E-state index contributed by atoms with van der Waals surface area (Å²) in [5.41, 5.74) is -0.221. The summed E-state index contributed by atoms with van der Waals surface area (Å²) in [4.78, 5) is 36.9. The summed E-state index contributed by atoms with van der Waals surface area (Å²) in [6.07, 6.45) is 0.137.